The van der Waals surface area contributed by atoms with Crippen molar-refractivity contribution in [2.45, 2.75) is 78.3 Å². The molecule has 1 heterocycles. The van der Waals surface area contributed by atoms with Crippen LogP contribution in [0.25, 0.3) is 0 Å². The maximum Gasteiger partial charge on any atom is 0.00953 e. The van der Waals surface area contributed by atoms with E-state index in [1.54, 1.807) is 0 Å². The molecule has 1 heteroatoms. The molecule has 90 valence electrons. The molecule has 1 saturated heterocycles. The van der Waals surface area contributed by atoms with E-state index >= 15 is 0 Å². The van der Waals surface area contributed by atoms with E-state index in [4.69, 9.17) is 0 Å². The van der Waals surface area contributed by atoms with Crippen molar-refractivity contribution in [1.82, 2.24) is 4.90 Å². The normalized spacial score (nSPS) is 34.0. The lowest BCUT2D eigenvalue weighted by Crippen LogP contribution is -2.42. The zero-order valence-electron chi connectivity index (χ0n) is 11.1. The van der Waals surface area contributed by atoms with Crippen molar-refractivity contribution in [3.8, 4) is 0 Å². The monoisotopic (exact) mass is 211 g/mol. The predicted molar refractivity (Wildman–Crippen MR) is 68.2 cm³/mol. The molecule has 15 heavy (non-hydrogen) atoms. The van der Waals surface area contributed by atoms with Gasteiger partial charge in [0, 0.05) is 12.1 Å². The second-order valence-electron chi connectivity index (χ2n) is 5.44. The van der Waals surface area contributed by atoms with E-state index in [0.29, 0.717) is 0 Å². The summed E-state index contributed by atoms with van der Waals surface area (Å²) in [4.78, 5) is 2.76. The number of likely N-dealkylation sites (tertiary alicyclic amines) is 1. The Morgan fingerprint density at radius 2 is 1.80 bits per heavy atom. The summed E-state index contributed by atoms with van der Waals surface area (Å²) >= 11 is 0. The average molecular weight is 211 g/mol. The Balaban J connectivity index is 2.47. The first-order chi connectivity index (χ1) is 7.16. The molecule has 0 N–H and O–H groups in total. The van der Waals surface area contributed by atoms with Gasteiger partial charge in [0.05, 0.1) is 0 Å². The molecule has 0 radical (unpaired) electrons. The van der Waals surface area contributed by atoms with Crippen LogP contribution in [0.3, 0.4) is 0 Å². The molecule has 0 aromatic rings. The molecule has 3 atom stereocenters. The average Bonchev–Trinajstić information content (AvgIpc) is 2.32. The van der Waals surface area contributed by atoms with E-state index in [9.17, 15) is 0 Å². The third kappa shape index (κ3) is 3.79. The van der Waals surface area contributed by atoms with E-state index in [0.717, 1.165) is 18.0 Å². The first-order valence-electron chi connectivity index (χ1n) is 6.92. The molecule has 3 unspecified atom stereocenters. The van der Waals surface area contributed by atoms with E-state index in [1.165, 1.54) is 45.1 Å². The minimum absolute atomic E-state index is 0.791. The van der Waals surface area contributed by atoms with Gasteiger partial charge < -0.3 is 0 Å². The molecule has 0 aromatic carbocycles. The number of nitrogens with zero attached hydrogens (tertiary/aromatic N) is 1. The van der Waals surface area contributed by atoms with Gasteiger partial charge in [0.1, 0.15) is 0 Å². The Bertz CT molecular complexity index is 167. The van der Waals surface area contributed by atoms with Crippen LogP contribution in [-0.2, 0) is 0 Å². The summed E-state index contributed by atoms with van der Waals surface area (Å²) < 4.78 is 0. The van der Waals surface area contributed by atoms with E-state index in [2.05, 4.69) is 32.6 Å². The van der Waals surface area contributed by atoms with E-state index < -0.39 is 0 Å². The minimum atomic E-state index is 0.791. The van der Waals surface area contributed by atoms with Gasteiger partial charge in [0.15, 0.2) is 0 Å². The third-order valence-corrected chi connectivity index (χ3v) is 4.21. The summed E-state index contributed by atoms with van der Waals surface area (Å²) in [6, 6.07) is 1.60. The van der Waals surface area contributed by atoms with Gasteiger partial charge in [-0.3, -0.25) is 4.90 Å². The summed E-state index contributed by atoms with van der Waals surface area (Å²) in [5.74, 6) is 0.886. The van der Waals surface area contributed by atoms with Crippen LogP contribution in [0, 0.1) is 5.92 Å². The van der Waals surface area contributed by atoms with Crippen molar-refractivity contribution in [2.75, 3.05) is 6.54 Å². The molecular weight excluding hydrogens is 182 g/mol. The highest BCUT2D eigenvalue weighted by Crippen LogP contribution is 2.26. The topological polar surface area (TPSA) is 3.24 Å². The maximum atomic E-state index is 2.76. The van der Waals surface area contributed by atoms with Crippen LogP contribution in [0.5, 0.6) is 0 Å². The molecule has 1 aliphatic heterocycles. The fourth-order valence-electron chi connectivity index (χ4n) is 2.84. The highest BCUT2D eigenvalue weighted by Gasteiger charge is 2.26. The first-order valence-corrected chi connectivity index (χ1v) is 6.92. The van der Waals surface area contributed by atoms with Crippen LogP contribution >= 0.6 is 0 Å². The molecule has 0 aromatic heterocycles. The second kappa shape index (κ2) is 6.52. The van der Waals surface area contributed by atoms with Gasteiger partial charge in [-0.05, 0) is 45.6 Å². The first kappa shape index (κ1) is 13.0. The van der Waals surface area contributed by atoms with E-state index in [1.807, 2.05) is 0 Å². The maximum absolute atomic E-state index is 2.76. The molecule has 0 spiro atoms. The minimum Gasteiger partial charge on any atom is -0.298 e. The predicted octanol–water partition coefficient (Wildman–Crippen LogP) is 4.08. The Morgan fingerprint density at radius 3 is 2.47 bits per heavy atom. The molecule has 0 saturated carbocycles. The Hall–Kier alpha value is -0.0400. The van der Waals surface area contributed by atoms with Crippen molar-refractivity contribution in [3.63, 3.8) is 0 Å². The molecule has 0 bridgehead atoms. The van der Waals surface area contributed by atoms with Crippen LogP contribution in [-0.4, -0.2) is 23.5 Å². The van der Waals surface area contributed by atoms with Crippen LogP contribution in [0.2, 0.25) is 0 Å². The second-order valence-corrected chi connectivity index (χ2v) is 5.44. The summed E-state index contributed by atoms with van der Waals surface area (Å²) in [5, 5.41) is 0. The number of unbranched alkanes of at least 4 members (excludes halogenated alkanes) is 2. The molecule has 1 rings (SSSR count). The summed E-state index contributed by atoms with van der Waals surface area (Å²) in [6.45, 7) is 10.9. The standard InChI is InChI=1S/C14H29N/c1-5-6-7-11-15-13(3)10-8-9-12(2)14(15)4/h12-14H,5-11H2,1-4H3. The smallest absolute Gasteiger partial charge is 0.00953 e. The lowest BCUT2D eigenvalue weighted by atomic mass is 9.98. The van der Waals surface area contributed by atoms with Crippen molar-refractivity contribution in [1.29, 1.82) is 0 Å². The van der Waals surface area contributed by atoms with Gasteiger partial charge >= 0.3 is 0 Å². The van der Waals surface area contributed by atoms with Gasteiger partial charge in [-0.25, -0.2) is 0 Å². The van der Waals surface area contributed by atoms with Gasteiger partial charge in [-0.1, -0.05) is 33.1 Å². The largest absolute Gasteiger partial charge is 0.298 e. The fraction of sp³-hybridized carbons (Fsp3) is 1.00. The van der Waals surface area contributed by atoms with Crippen molar-refractivity contribution in [3.05, 3.63) is 0 Å². The summed E-state index contributed by atoms with van der Waals surface area (Å²) in [5.41, 5.74) is 0. The van der Waals surface area contributed by atoms with Crippen LogP contribution < -0.4 is 0 Å². The molecule has 0 amide bonds. The van der Waals surface area contributed by atoms with Crippen LogP contribution in [0.15, 0.2) is 0 Å². The van der Waals surface area contributed by atoms with Crippen molar-refractivity contribution in [2.24, 2.45) is 5.92 Å². The highest BCUT2D eigenvalue weighted by molar-refractivity contribution is 4.81. The van der Waals surface area contributed by atoms with Crippen molar-refractivity contribution >= 4 is 0 Å². The van der Waals surface area contributed by atoms with Gasteiger partial charge in [-0.15, -0.1) is 0 Å². The van der Waals surface area contributed by atoms with Crippen molar-refractivity contribution < 1.29 is 0 Å². The molecule has 1 nitrogen and oxygen atoms in total. The lowest BCUT2D eigenvalue weighted by Gasteiger charge is -2.35. The van der Waals surface area contributed by atoms with Gasteiger partial charge in [0.2, 0.25) is 0 Å². The summed E-state index contributed by atoms with van der Waals surface area (Å²) in [7, 11) is 0. The van der Waals surface area contributed by atoms with Crippen LogP contribution in [0.4, 0.5) is 0 Å². The van der Waals surface area contributed by atoms with Gasteiger partial charge in [0.25, 0.3) is 0 Å². The molecule has 1 fully saturated rings. The number of rotatable bonds is 4. The Labute approximate surface area is 96.2 Å². The molecular formula is C14H29N. The Morgan fingerprint density at radius 1 is 1.07 bits per heavy atom. The molecule has 0 aliphatic carbocycles. The quantitative estimate of drug-likeness (QED) is 0.633. The van der Waals surface area contributed by atoms with Gasteiger partial charge in [-0.2, -0.15) is 0 Å². The third-order valence-electron chi connectivity index (χ3n) is 4.21. The highest BCUT2D eigenvalue weighted by atomic mass is 15.2. The fourth-order valence-corrected chi connectivity index (χ4v) is 2.84. The zero-order valence-corrected chi connectivity index (χ0v) is 11.1. The molecule has 1 aliphatic rings. The summed E-state index contributed by atoms with van der Waals surface area (Å²) in [6.07, 6.45) is 8.38. The number of hydrogen-bond donors (Lipinski definition) is 0. The van der Waals surface area contributed by atoms with E-state index in [-0.39, 0.29) is 0 Å². The SMILES string of the molecule is CCCCCN1C(C)CCCC(C)C1C. The van der Waals surface area contributed by atoms with Crippen LogP contribution in [0.1, 0.15) is 66.2 Å². The Kier molecular flexibility index (Phi) is 5.66. The zero-order chi connectivity index (χ0) is 11.3. The lowest BCUT2D eigenvalue weighted by molar-refractivity contribution is 0.127. The number of hydrogen-bond acceptors (Lipinski definition) is 1.